The molecule has 120 valence electrons. The Kier molecular flexibility index (Phi) is 5.73. The fraction of sp³-hybridized carbons (Fsp3) is 0.133. The van der Waals surface area contributed by atoms with Crippen molar-refractivity contribution >= 4 is 49.1 Å². The van der Waals surface area contributed by atoms with Gasteiger partial charge < -0.3 is 9.64 Å². The molecule has 0 atom stereocenters. The van der Waals surface area contributed by atoms with Gasteiger partial charge in [-0.15, -0.1) is 0 Å². The molecule has 0 unspecified atom stereocenters. The average Bonchev–Trinajstić information content (AvgIpc) is 2.53. The van der Waals surface area contributed by atoms with Crippen LogP contribution in [0.2, 0.25) is 0 Å². The lowest BCUT2D eigenvalue weighted by atomic mass is 10.2. The maximum absolute atomic E-state index is 12.2. The molecule has 0 saturated carbocycles. The minimum atomic E-state index is -0.486. The number of anilines is 1. The van der Waals surface area contributed by atoms with Crippen LogP contribution < -0.4 is 9.64 Å². The van der Waals surface area contributed by atoms with Crippen molar-refractivity contribution in [1.29, 1.82) is 0 Å². The Hall–Kier alpha value is -1.93. The SMILES string of the molecule is CN(C(=O)COc1ccc(Br)cc1Br)c1ccc([N+](=O)[O-])cc1. The molecule has 0 heterocycles. The molecular formula is C15H12Br2N2O4. The second-order valence-electron chi connectivity index (χ2n) is 4.59. The predicted molar refractivity (Wildman–Crippen MR) is 93.8 cm³/mol. The van der Waals surface area contributed by atoms with Gasteiger partial charge in [-0.25, -0.2) is 0 Å². The summed E-state index contributed by atoms with van der Waals surface area (Å²) in [6.07, 6.45) is 0. The van der Waals surface area contributed by atoms with Crippen LogP contribution in [0, 0.1) is 10.1 Å². The van der Waals surface area contributed by atoms with E-state index in [1.807, 2.05) is 12.1 Å². The van der Waals surface area contributed by atoms with E-state index in [-0.39, 0.29) is 18.2 Å². The number of rotatable bonds is 5. The molecule has 0 aliphatic heterocycles. The lowest BCUT2D eigenvalue weighted by molar-refractivity contribution is -0.384. The molecule has 23 heavy (non-hydrogen) atoms. The second kappa shape index (κ2) is 7.56. The number of non-ortho nitro benzene ring substituents is 1. The maximum atomic E-state index is 12.2. The first-order valence-electron chi connectivity index (χ1n) is 6.47. The van der Waals surface area contributed by atoms with Crippen LogP contribution in [-0.2, 0) is 4.79 Å². The third-order valence-corrected chi connectivity index (χ3v) is 4.18. The van der Waals surface area contributed by atoms with E-state index in [1.54, 1.807) is 13.1 Å². The standard InChI is InChI=1S/C15H12Br2N2O4/c1-18(11-3-5-12(6-4-11)19(21)22)15(20)9-23-14-7-2-10(16)8-13(14)17/h2-8H,9H2,1H3. The number of carbonyl (C=O) groups excluding carboxylic acids is 1. The van der Waals surface area contributed by atoms with Gasteiger partial charge >= 0.3 is 0 Å². The fourth-order valence-corrected chi connectivity index (χ4v) is 2.93. The van der Waals surface area contributed by atoms with Crippen molar-refractivity contribution in [2.75, 3.05) is 18.6 Å². The van der Waals surface area contributed by atoms with Gasteiger partial charge in [-0.2, -0.15) is 0 Å². The summed E-state index contributed by atoms with van der Waals surface area (Å²) < 4.78 is 7.12. The zero-order chi connectivity index (χ0) is 17.0. The third-order valence-electron chi connectivity index (χ3n) is 3.07. The number of benzene rings is 2. The van der Waals surface area contributed by atoms with Crippen molar-refractivity contribution in [1.82, 2.24) is 0 Å². The summed E-state index contributed by atoms with van der Waals surface area (Å²) in [4.78, 5) is 23.7. The Morgan fingerprint density at radius 2 is 1.87 bits per heavy atom. The van der Waals surface area contributed by atoms with Crippen molar-refractivity contribution in [3.05, 3.63) is 61.5 Å². The number of nitro benzene ring substituents is 1. The van der Waals surface area contributed by atoms with Crippen LogP contribution in [0.1, 0.15) is 0 Å². The molecule has 0 saturated heterocycles. The van der Waals surface area contributed by atoms with Crippen LogP contribution in [0.3, 0.4) is 0 Å². The Bertz CT molecular complexity index is 735. The van der Waals surface area contributed by atoms with E-state index in [0.29, 0.717) is 11.4 Å². The van der Waals surface area contributed by atoms with Crippen LogP contribution in [0.4, 0.5) is 11.4 Å². The summed E-state index contributed by atoms with van der Waals surface area (Å²) in [6.45, 7) is -0.145. The van der Waals surface area contributed by atoms with Gasteiger partial charge in [-0.1, -0.05) is 15.9 Å². The average molecular weight is 444 g/mol. The molecule has 0 fully saturated rings. The zero-order valence-corrected chi connectivity index (χ0v) is 15.2. The number of carbonyl (C=O) groups is 1. The summed E-state index contributed by atoms with van der Waals surface area (Å²) >= 11 is 6.69. The van der Waals surface area contributed by atoms with Gasteiger partial charge in [0.15, 0.2) is 6.61 Å². The Morgan fingerprint density at radius 1 is 1.22 bits per heavy atom. The van der Waals surface area contributed by atoms with Crippen molar-refractivity contribution in [2.24, 2.45) is 0 Å². The van der Waals surface area contributed by atoms with Gasteiger partial charge in [-0.3, -0.25) is 14.9 Å². The van der Waals surface area contributed by atoms with E-state index < -0.39 is 4.92 Å². The highest BCUT2D eigenvalue weighted by molar-refractivity contribution is 9.11. The van der Waals surface area contributed by atoms with E-state index in [4.69, 9.17) is 4.74 Å². The molecule has 2 aromatic carbocycles. The summed E-state index contributed by atoms with van der Waals surface area (Å²) in [6, 6.07) is 11.1. The lowest BCUT2D eigenvalue weighted by Gasteiger charge is -2.17. The number of amides is 1. The Labute approximate surface area is 149 Å². The number of nitro groups is 1. The molecule has 2 rings (SSSR count). The van der Waals surface area contributed by atoms with E-state index in [1.165, 1.54) is 29.2 Å². The van der Waals surface area contributed by atoms with Gasteiger partial charge in [0.25, 0.3) is 11.6 Å². The summed E-state index contributed by atoms with van der Waals surface area (Å²) in [5.74, 6) is 0.285. The van der Waals surface area contributed by atoms with Gasteiger partial charge in [0.05, 0.1) is 9.40 Å². The minimum absolute atomic E-state index is 0.0235. The van der Waals surface area contributed by atoms with E-state index in [9.17, 15) is 14.9 Å². The van der Waals surface area contributed by atoms with Gasteiger partial charge in [0.1, 0.15) is 5.75 Å². The fourth-order valence-electron chi connectivity index (χ4n) is 1.77. The van der Waals surface area contributed by atoms with Crippen LogP contribution in [0.5, 0.6) is 5.75 Å². The smallest absolute Gasteiger partial charge is 0.269 e. The number of nitrogens with zero attached hydrogens (tertiary/aromatic N) is 2. The monoisotopic (exact) mass is 442 g/mol. The molecule has 0 bridgehead atoms. The maximum Gasteiger partial charge on any atom is 0.269 e. The van der Waals surface area contributed by atoms with Crippen LogP contribution in [0.15, 0.2) is 51.4 Å². The Morgan fingerprint density at radius 3 is 2.43 bits per heavy atom. The van der Waals surface area contributed by atoms with E-state index in [0.717, 1.165) is 8.95 Å². The summed E-state index contributed by atoms with van der Waals surface area (Å²) in [5.41, 5.74) is 0.531. The first-order valence-corrected chi connectivity index (χ1v) is 8.06. The number of likely N-dealkylation sites (N-methyl/N-ethyl adjacent to an activating group) is 1. The third kappa shape index (κ3) is 4.52. The first kappa shape index (κ1) is 17.4. The molecule has 1 amide bonds. The summed E-state index contributed by atoms with van der Waals surface area (Å²) in [7, 11) is 1.59. The molecular weight excluding hydrogens is 432 g/mol. The highest BCUT2D eigenvalue weighted by atomic mass is 79.9. The van der Waals surface area contributed by atoms with Crippen molar-refractivity contribution in [3.8, 4) is 5.75 Å². The van der Waals surface area contributed by atoms with Crippen molar-refractivity contribution < 1.29 is 14.5 Å². The molecule has 8 heteroatoms. The molecule has 0 N–H and O–H groups in total. The van der Waals surface area contributed by atoms with Gasteiger partial charge in [0.2, 0.25) is 0 Å². The highest BCUT2D eigenvalue weighted by Crippen LogP contribution is 2.28. The van der Waals surface area contributed by atoms with Crippen LogP contribution in [-0.4, -0.2) is 24.5 Å². The zero-order valence-electron chi connectivity index (χ0n) is 12.0. The van der Waals surface area contributed by atoms with Gasteiger partial charge in [0, 0.05) is 29.3 Å². The normalized spacial score (nSPS) is 10.2. The van der Waals surface area contributed by atoms with Gasteiger partial charge in [-0.05, 0) is 46.3 Å². The first-order chi connectivity index (χ1) is 10.9. The molecule has 0 aliphatic rings. The largest absolute Gasteiger partial charge is 0.483 e. The summed E-state index contributed by atoms with van der Waals surface area (Å²) in [5, 5.41) is 10.6. The predicted octanol–water partition coefficient (Wildman–Crippen LogP) is 4.16. The molecule has 0 spiro atoms. The quantitative estimate of drug-likeness (QED) is 0.513. The van der Waals surface area contributed by atoms with E-state index in [2.05, 4.69) is 31.9 Å². The van der Waals surface area contributed by atoms with E-state index >= 15 is 0 Å². The molecule has 2 aromatic rings. The van der Waals surface area contributed by atoms with Crippen molar-refractivity contribution in [3.63, 3.8) is 0 Å². The number of hydrogen-bond acceptors (Lipinski definition) is 4. The topological polar surface area (TPSA) is 72.7 Å². The number of hydrogen-bond donors (Lipinski definition) is 0. The van der Waals surface area contributed by atoms with Crippen LogP contribution >= 0.6 is 31.9 Å². The number of ether oxygens (including phenoxy) is 1. The molecule has 0 radical (unpaired) electrons. The minimum Gasteiger partial charge on any atom is -0.483 e. The molecule has 6 nitrogen and oxygen atoms in total. The lowest BCUT2D eigenvalue weighted by Crippen LogP contribution is -2.31. The van der Waals surface area contributed by atoms with Crippen molar-refractivity contribution in [2.45, 2.75) is 0 Å². The highest BCUT2D eigenvalue weighted by Gasteiger charge is 2.14. The Balaban J connectivity index is 2.00. The molecule has 0 aromatic heterocycles. The van der Waals surface area contributed by atoms with Crippen LogP contribution in [0.25, 0.3) is 0 Å². The second-order valence-corrected chi connectivity index (χ2v) is 6.36. The molecule has 0 aliphatic carbocycles. The number of halogens is 2.